The molecule has 1 N–H and O–H groups in total. The fourth-order valence-electron chi connectivity index (χ4n) is 1.51. The summed E-state index contributed by atoms with van der Waals surface area (Å²) in [6.45, 7) is 6.09. The van der Waals surface area contributed by atoms with Gasteiger partial charge in [0.05, 0.1) is 5.69 Å². The average Bonchev–Trinajstić information content (AvgIpc) is 2.10. The minimum atomic E-state index is -0.159. The molecule has 0 saturated carbocycles. The van der Waals surface area contributed by atoms with E-state index in [9.17, 15) is 4.39 Å². The first-order valence-corrected chi connectivity index (χ1v) is 5.16. The highest BCUT2D eigenvalue weighted by Crippen LogP contribution is 2.17. The smallest absolute Gasteiger partial charge is 0.146 e. The van der Waals surface area contributed by atoms with Crippen LogP contribution in [0, 0.1) is 12.7 Å². The Bertz CT molecular complexity index is 296. The lowest BCUT2D eigenvalue weighted by atomic mass is 10.1. The van der Waals surface area contributed by atoms with Crippen molar-refractivity contribution in [2.24, 2.45) is 0 Å². The summed E-state index contributed by atoms with van der Waals surface area (Å²) in [7, 11) is 0. The monoisotopic (exact) mass is 195 g/mol. The lowest BCUT2D eigenvalue weighted by Gasteiger charge is -2.14. The van der Waals surface area contributed by atoms with Gasteiger partial charge in [-0.25, -0.2) is 4.39 Å². The third kappa shape index (κ3) is 3.02. The van der Waals surface area contributed by atoms with Crippen molar-refractivity contribution in [2.75, 3.05) is 5.32 Å². The van der Waals surface area contributed by atoms with Crippen LogP contribution in [-0.2, 0) is 0 Å². The van der Waals surface area contributed by atoms with Crippen molar-refractivity contribution >= 4 is 5.69 Å². The van der Waals surface area contributed by atoms with Gasteiger partial charge in [-0.2, -0.15) is 0 Å². The zero-order valence-corrected chi connectivity index (χ0v) is 9.10. The molecule has 0 aliphatic heterocycles. The van der Waals surface area contributed by atoms with Crippen molar-refractivity contribution in [3.05, 3.63) is 29.6 Å². The number of benzene rings is 1. The highest BCUT2D eigenvalue weighted by Gasteiger charge is 2.05. The van der Waals surface area contributed by atoms with Crippen LogP contribution in [0.3, 0.4) is 0 Å². The second-order valence-corrected chi connectivity index (χ2v) is 3.82. The molecular formula is C12H18FN. The van der Waals surface area contributed by atoms with Crippen LogP contribution in [0.4, 0.5) is 10.1 Å². The topological polar surface area (TPSA) is 12.0 Å². The molecule has 0 fully saturated rings. The number of hydrogen-bond donors (Lipinski definition) is 1. The molecule has 1 atom stereocenters. The van der Waals surface area contributed by atoms with E-state index in [2.05, 4.69) is 19.2 Å². The van der Waals surface area contributed by atoms with Gasteiger partial charge in [0.1, 0.15) is 5.82 Å². The van der Waals surface area contributed by atoms with Crippen LogP contribution in [0.1, 0.15) is 32.3 Å². The van der Waals surface area contributed by atoms with Crippen molar-refractivity contribution in [2.45, 2.75) is 39.7 Å². The first-order valence-electron chi connectivity index (χ1n) is 5.16. The second kappa shape index (κ2) is 4.99. The van der Waals surface area contributed by atoms with Crippen LogP contribution >= 0.6 is 0 Å². The van der Waals surface area contributed by atoms with Crippen molar-refractivity contribution in [1.82, 2.24) is 0 Å². The van der Waals surface area contributed by atoms with Gasteiger partial charge in [-0.15, -0.1) is 0 Å². The van der Waals surface area contributed by atoms with Gasteiger partial charge < -0.3 is 5.32 Å². The Morgan fingerprint density at radius 3 is 2.71 bits per heavy atom. The summed E-state index contributed by atoms with van der Waals surface area (Å²) in [5.41, 5.74) is 1.56. The van der Waals surface area contributed by atoms with Crippen molar-refractivity contribution in [3.8, 4) is 0 Å². The van der Waals surface area contributed by atoms with Crippen molar-refractivity contribution in [3.63, 3.8) is 0 Å². The van der Waals surface area contributed by atoms with Crippen LogP contribution in [0.15, 0.2) is 18.2 Å². The Balaban J connectivity index is 2.67. The molecule has 0 aliphatic rings. The van der Waals surface area contributed by atoms with Crippen molar-refractivity contribution < 1.29 is 4.39 Å². The summed E-state index contributed by atoms with van der Waals surface area (Å²) in [4.78, 5) is 0. The predicted molar refractivity (Wildman–Crippen MR) is 59.1 cm³/mol. The highest BCUT2D eigenvalue weighted by atomic mass is 19.1. The molecule has 0 aliphatic carbocycles. The Labute approximate surface area is 85.3 Å². The maximum Gasteiger partial charge on any atom is 0.146 e. The van der Waals surface area contributed by atoms with E-state index in [0.717, 1.165) is 18.4 Å². The molecule has 2 heteroatoms. The molecule has 78 valence electrons. The summed E-state index contributed by atoms with van der Waals surface area (Å²) in [6.07, 6.45) is 2.18. The van der Waals surface area contributed by atoms with Gasteiger partial charge >= 0.3 is 0 Å². The molecule has 1 aromatic carbocycles. The molecule has 0 amide bonds. The molecular weight excluding hydrogens is 177 g/mol. The van der Waals surface area contributed by atoms with E-state index in [1.807, 2.05) is 13.0 Å². The Morgan fingerprint density at radius 1 is 1.43 bits per heavy atom. The Kier molecular flexibility index (Phi) is 3.93. The number of halogens is 1. The maximum absolute atomic E-state index is 13.4. The van der Waals surface area contributed by atoms with Gasteiger partial charge in [0.25, 0.3) is 0 Å². The van der Waals surface area contributed by atoms with E-state index < -0.39 is 0 Å². The van der Waals surface area contributed by atoms with E-state index >= 15 is 0 Å². The quantitative estimate of drug-likeness (QED) is 0.771. The summed E-state index contributed by atoms with van der Waals surface area (Å²) >= 11 is 0. The van der Waals surface area contributed by atoms with Crippen LogP contribution in [0.5, 0.6) is 0 Å². The minimum absolute atomic E-state index is 0.159. The minimum Gasteiger partial charge on any atom is -0.380 e. The fraction of sp³-hybridized carbons (Fsp3) is 0.500. The molecule has 0 saturated heterocycles. The standard InChI is InChI=1S/C12H18FN/c1-4-5-10(3)14-12-7-6-9(2)8-11(12)13/h6-8,10,14H,4-5H2,1-3H3/t10-/m0/s1. The van der Waals surface area contributed by atoms with E-state index in [1.54, 1.807) is 12.1 Å². The van der Waals surface area contributed by atoms with Gasteiger partial charge in [0.15, 0.2) is 0 Å². The Morgan fingerprint density at radius 2 is 2.14 bits per heavy atom. The lowest BCUT2D eigenvalue weighted by molar-refractivity contribution is 0.619. The summed E-state index contributed by atoms with van der Waals surface area (Å²) in [5.74, 6) is -0.159. The van der Waals surface area contributed by atoms with Gasteiger partial charge in [0, 0.05) is 6.04 Å². The summed E-state index contributed by atoms with van der Waals surface area (Å²) in [6, 6.07) is 5.61. The van der Waals surface area contributed by atoms with Crippen LogP contribution in [0.25, 0.3) is 0 Å². The zero-order valence-electron chi connectivity index (χ0n) is 9.10. The highest BCUT2D eigenvalue weighted by molar-refractivity contribution is 5.46. The Hall–Kier alpha value is -1.05. The summed E-state index contributed by atoms with van der Waals surface area (Å²) < 4.78 is 13.4. The lowest BCUT2D eigenvalue weighted by Crippen LogP contribution is -2.15. The molecule has 14 heavy (non-hydrogen) atoms. The van der Waals surface area contributed by atoms with E-state index in [1.165, 1.54) is 0 Å². The average molecular weight is 195 g/mol. The molecule has 1 aromatic rings. The zero-order chi connectivity index (χ0) is 10.6. The van der Waals surface area contributed by atoms with Crippen LogP contribution in [0.2, 0.25) is 0 Å². The van der Waals surface area contributed by atoms with Gasteiger partial charge in [0.2, 0.25) is 0 Å². The van der Waals surface area contributed by atoms with E-state index in [-0.39, 0.29) is 5.82 Å². The number of hydrogen-bond acceptors (Lipinski definition) is 1. The third-order valence-corrected chi connectivity index (χ3v) is 2.25. The largest absolute Gasteiger partial charge is 0.380 e. The van der Waals surface area contributed by atoms with E-state index in [4.69, 9.17) is 0 Å². The first kappa shape index (κ1) is 11.0. The number of aryl methyl sites for hydroxylation is 1. The van der Waals surface area contributed by atoms with Crippen LogP contribution < -0.4 is 5.32 Å². The van der Waals surface area contributed by atoms with Gasteiger partial charge in [-0.05, 0) is 38.0 Å². The number of rotatable bonds is 4. The predicted octanol–water partition coefficient (Wildman–Crippen LogP) is 3.73. The molecule has 0 spiro atoms. The molecule has 0 aromatic heterocycles. The summed E-state index contributed by atoms with van der Waals surface area (Å²) in [5, 5.41) is 3.16. The number of nitrogens with one attached hydrogen (secondary N) is 1. The maximum atomic E-state index is 13.4. The van der Waals surface area contributed by atoms with Crippen molar-refractivity contribution in [1.29, 1.82) is 0 Å². The first-order chi connectivity index (χ1) is 6.63. The third-order valence-electron chi connectivity index (χ3n) is 2.25. The molecule has 0 radical (unpaired) electrons. The van der Waals surface area contributed by atoms with Gasteiger partial charge in [-0.3, -0.25) is 0 Å². The SMILES string of the molecule is CCC[C@H](C)Nc1ccc(C)cc1F. The molecule has 1 rings (SSSR count). The fourth-order valence-corrected chi connectivity index (χ4v) is 1.51. The molecule has 0 bridgehead atoms. The van der Waals surface area contributed by atoms with E-state index in [0.29, 0.717) is 11.7 Å². The number of anilines is 1. The second-order valence-electron chi connectivity index (χ2n) is 3.82. The van der Waals surface area contributed by atoms with Crippen LogP contribution in [-0.4, -0.2) is 6.04 Å². The molecule has 0 heterocycles. The van der Waals surface area contributed by atoms with Gasteiger partial charge in [-0.1, -0.05) is 19.4 Å². The molecule has 0 unspecified atom stereocenters. The molecule has 1 nitrogen and oxygen atoms in total. The normalized spacial score (nSPS) is 12.6.